The maximum atomic E-state index is 16.7. The van der Waals surface area contributed by atoms with Gasteiger partial charge in [-0.1, -0.05) is 49.4 Å². The maximum Gasteiger partial charge on any atom is 0.319 e. The van der Waals surface area contributed by atoms with E-state index in [4.69, 9.17) is 21.2 Å². The Kier molecular flexibility index (Phi) is 6.61. The molecule has 9 heteroatoms. The molecule has 8 nitrogen and oxygen atoms in total. The highest BCUT2D eigenvalue weighted by atomic mass is 19.1. The van der Waals surface area contributed by atoms with Crippen LogP contribution in [0.15, 0.2) is 54.7 Å². The zero-order valence-electron chi connectivity index (χ0n) is 23.7. The fourth-order valence-corrected chi connectivity index (χ4v) is 6.97. The minimum absolute atomic E-state index is 0.00245. The third kappa shape index (κ3) is 4.39. The first-order valence-electron chi connectivity index (χ1n) is 14.7. The van der Waals surface area contributed by atoms with E-state index in [1.165, 1.54) is 0 Å². The maximum absolute atomic E-state index is 16.7. The fourth-order valence-electron chi connectivity index (χ4n) is 6.97. The Bertz CT molecular complexity index is 1810. The van der Waals surface area contributed by atoms with E-state index in [0.29, 0.717) is 35.5 Å². The van der Waals surface area contributed by atoms with Gasteiger partial charge in [0.1, 0.15) is 29.5 Å². The number of nitrogens with zero attached hydrogens (tertiary/aromatic N) is 5. The Hall–Kier alpha value is -4.37. The Morgan fingerprint density at radius 2 is 1.67 bits per heavy atom. The molecule has 42 heavy (non-hydrogen) atoms. The van der Waals surface area contributed by atoms with Crippen molar-refractivity contribution >= 4 is 33.3 Å². The summed E-state index contributed by atoms with van der Waals surface area (Å²) in [6.07, 6.45) is 7.19. The van der Waals surface area contributed by atoms with Crippen LogP contribution in [0.25, 0.3) is 32.9 Å². The molecular formula is C33H34FN7O. The van der Waals surface area contributed by atoms with Gasteiger partial charge in [0.25, 0.3) is 0 Å². The van der Waals surface area contributed by atoms with Crippen LogP contribution in [-0.4, -0.2) is 50.1 Å². The van der Waals surface area contributed by atoms with Gasteiger partial charge >= 0.3 is 6.01 Å². The van der Waals surface area contributed by atoms with Crippen molar-refractivity contribution in [2.45, 2.75) is 51.0 Å². The predicted molar refractivity (Wildman–Crippen MR) is 164 cm³/mol. The van der Waals surface area contributed by atoms with E-state index in [1.54, 1.807) is 6.20 Å². The lowest BCUT2D eigenvalue weighted by molar-refractivity contribution is 0.108. The number of hydrogen-bond donors (Lipinski definition) is 2. The van der Waals surface area contributed by atoms with Gasteiger partial charge < -0.3 is 16.2 Å². The molecule has 214 valence electrons. The van der Waals surface area contributed by atoms with E-state index >= 15 is 4.39 Å². The monoisotopic (exact) mass is 563 g/mol. The summed E-state index contributed by atoms with van der Waals surface area (Å²) in [5.41, 5.74) is 16.2. The average Bonchev–Trinajstić information content (AvgIpc) is 3.59. The van der Waals surface area contributed by atoms with Crippen LogP contribution in [0.4, 0.5) is 16.0 Å². The second kappa shape index (κ2) is 10.5. The third-order valence-electron chi connectivity index (χ3n) is 9.06. The molecule has 5 aromatic rings. The molecule has 4 N–H and O–H groups in total. The highest BCUT2D eigenvalue weighted by Crippen LogP contribution is 2.40. The lowest BCUT2D eigenvalue weighted by atomic mass is 9.94. The summed E-state index contributed by atoms with van der Waals surface area (Å²) in [6, 6.07) is 15.8. The molecule has 5 heterocycles. The van der Waals surface area contributed by atoms with Crippen LogP contribution in [0.3, 0.4) is 0 Å². The van der Waals surface area contributed by atoms with Crippen LogP contribution in [0.2, 0.25) is 0 Å². The third-order valence-corrected chi connectivity index (χ3v) is 9.06. The predicted octanol–water partition coefficient (Wildman–Crippen LogP) is 5.70. The Labute approximate surface area is 244 Å². The largest absolute Gasteiger partial charge is 0.461 e. The average molecular weight is 564 g/mol. The number of rotatable bonds is 7. The van der Waals surface area contributed by atoms with Gasteiger partial charge in [0, 0.05) is 23.7 Å². The Morgan fingerprint density at radius 1 is 0.905 bits per heavy atom. The van der Waals surface area contributed by atoms with Gasteiger partial charge in [0.15, 0.2) is 5.82 Å². The van der Waals surface area contributed by atoms with Crippen molar-refractivity contribution in [3.63, 3.8) is 0 Å². The van der Waals surface area contributed by atoms with Crippen LogP contribution in [0, 0.1) is 5.82 Å². The highest BCUT2D eigenvalue weighted by molar-refractivity contribution is 6.01. The van der Waals surface area contributed by atoms with Crippen molar-refractivity contribution in [3.8, 4) is 17.3 Å². The van der Waals surface area contributed by atoms with E-state index < -0.39 is 5.82 Å². The molecule has 0 saturated carbocycles. The number of aromatic nitrogens is 4. The lowest BCUT2D eigenvalue weighted by Crippen LogP contribution is -2.43. The normalized spacial score (nSPS) is 16.3. The first-order chi connectivity index (χ1) is 20.5. The van der Waals surface area contributed by atoms with E-state index in [1.807, 2.05) is 42.5 Å². The van der Waals surface area contributed by atoms with E-state index in [0.717, 1.165) is 67.1 Å². The second-order valence-corrected chi connectivity index (χ2v) is 11.4. The highest BCUT2D eigenvalue weighted by Gasteiger charge is 2.45. The summed E-state index contributed by atoms with van der Waals surface area (Å²) in [5, 5.41) is 2.36. The Balaban J connectivity index is 1.41. The summed E-state index contributed by atoms with van der Waals surface area (Å²) >= 11 is 0. The fraction of sp³-hybridized carbons (Fsp3) is 0.333. The van der Waals surface area contributed by atoms with Gasteiger partial charge in [-0.2, -0.15) is 9.97 Å². The molecule has 2 aliphatic heterocycles. The summed E-state index contributed by atoms with van der Waals surface area (Å²) in [7, 11) is 0. The first kappa shape index (κ1) is 26.5. The topological polar surface area (TPSA) is 116 Å². The van der Waals surface area contributed by atoms with E-state index in [9.17, 15) is 0 Å². The molecule has 0 bridgehead atoms. The molecule has 2 saturated heterocycles. The van der Waals surface area contributed by atoms with Crippen molar-refractivity contribution < 1.29 is 9.13 Å². The molecule has 7 rings (SSSR count). The van der Waals surface area contributed by atoms with Crippen LogP contribution in [-0.2, 0) is 12.8 Å². The second-order valence-electron chi connectivity index (χ2n) is 11.4. The van der Waals surface area contributed by atoms with Gasteiger partial charge in [0.05, 0.1) is 16.6 Å². The van der Waals surface area contributed by atoms with Crippen molar-refractivity contribution in [3.05, 3.63) is 77.4 Å². The minimum Gasteiger partial charge on any atom is -0.461 e. The number of hydrogen-bond acceptors (Lipinski definition) is 8. The minimum atomic E-state index is -0.549. The molecule has 0 radical (unpaired) electrons. The molecule has 0 unspecified atom stereocenters. The van der Waals surface area contributed by atoms with Gasteiger partial charge in [-0.3, -0.25) is 4.90 Å². The van der Waals surface area contributed by atoms with Crippen LogP contribution in [0.5, 0.6) is 6.01 Å². The van der Waals surface area contributed by atoms with E-state index in [2.05, 4.69) is 32.8 Å². The van der Waals surface area contributed by atoms with Crippen molar-refractivity contribution in [1.82, 2.24) is 24.8 Å². The number of aryl methyl sites for hydroxylation is 1. The van der Waals surface area contributed by atoms with Crippen molar-refractivity contribution in [2.24, 2.45) is 0 Å². The number of nitrogen functional groups attached to an aromatic ring is 2. The first-order valence-corrected chi connectivity index (χ1v) is 14.7. The molecular weight excluding hydrogens is 529 g/mol. The summed E-state index contributed by atoms with van der Waals surface area (Å²) in [6.45, 7) is 4.72. The zero-order chi connectivity index (χ0) is 28.8. The molecule has 2 aliphatic rings. The summed E-state index contributed by atoms with van der Waals surface area (Å²) < 4.78 is 22.9. The van der Waals surface area contributed by atoms with Gasteiger partial charge in [-0.15, -0.1) is 0 Å². The zero-order valence-corrected chi connectivity index (χ0v) is 23.7. The number of halogens is 1. The number of nitrogens with two attached hydrogens (primary N) is 2. The number of ether oxygens (including phenoxy) is 1. The van der Waals surface area contributed by atoms with Gasteiger partial charge in [0.2, 0.25) is 0 Å². The molecule has 0 amide bonds. The van der Waals surface area contributed by atoms with Crippen molar-refractivity contribution in [2.75, 3.05) is 31.2 Å². The molecule has 0 atom stereocenters. The van der Waals surface area contributed by atoms with E-state index in [-0.39, 0.29) is 28.6 Å². The number of pyridine rings is 2. The molecule has 0 aliphatic carbocycles. The van der Waals surface area contributed by atoms with Crippen LogP contribution < -0.4 is 16.2 Å². The van der Waals surface area contributed by atoms with Crippen LogP contribution >= 0.6 is 0 Å². The standard InChI is InChI=1S/C33H34FN7O/c1-2-20-8-3-9-21-10-4-12-23(25(20)21)28-27(34)29-26(24(38-28)18-22-11-5-15-37-30(22)35)31(36)40-32(39-29)42-19-33-13-6-16-41(33)17-7-14-33/h3-5,8-12,15H,2,6-7,13-14,16-19H2,1H3,(H2,35,37)(H2,36,39,40). The van der Waals surface area contributed by atoms with Gasteiger partial charge in [-0.05, 0) is 67.6 Å². The van der Waals surface area contributed by atoms with Gasteiger partial charge in [-0.25, -0.2) is 14.4 Å². The SMILES string of the molecule is CCc1cccc2cccc(-c3nc(Cc4cccnc4N)c4c(N)nc(OCC56CCCN5CCC6)nc4c3F)c12. The Morgan fingerprint density at radius 3 is 2.43 bits per heavy atom. The van der Waals surface area contributed by atoms with Crippen molar-refractivity contribution in [1.29, 1.82) is 0 Å². The molecule has 3 aromatic heterocycles. The summed E-state index contributed by atoms with van der Waals surface area (Å²) in [4.78, 5) is 20.8. The van der Waals surface area contributed by atoms with Crippen LogP contribution in [0.1, 0.15) is 49.4 Å². The number of fused-ring (bicyclic) bond motifs is 3. The summed E-state index contributed by atoms with van der Waals surface area (Å²) in [5.74, 6) is -0.0373. The quantitative estimate of drug-likeness (QED) is 0.259. The molecule has 0 spiro atoms. The number of benzene rings is 2. The molecule has 2 fully saturated rings. The molecule has 2 aromatic carbocycles. The smallest absolute Gasteiger partial charge is 0.319 e. The lowest BCUT2D eigenvalue weighted by Gasteiger charge is -2.31. The number of anilines is 2.